The zero-order chi connectivity index (χ0) is 5.21. The SMILES string of the molecule is CNC(F)(F)F.S. The van der Waals surface area contributed by atoms with Crippen molar-refractivity contribution in [3.8, 4) is 0 Å². The maximum Gasteiger partial charge on any atom is 0.457 e. The molecule has 0 spiro atoms. The van der Waals surface area contributed by atoms with Crippen LogP contribution in [0.15, 0.2) is 0 Å². The van der Waals surface area contributed by atoms with E-state index in [4.69, 9.17) is 0 Å². The lowest BCUT2D eigenvalue weighted by Gasteiger charge is -1.98. The van der Waals surface area contributed by atoms with E-state index < -0.39 is 6.30 Å². The third kappa shape index (κ3) is 10.7. The fourth-order valence-corrected chi connectivity index (χ4v) is 0. The molecule has 0 saturated carbocycles. The second-order valence-electron chi connectivity index (χ2n) is 0.748. The highest BCUT2D eigenvalue weighted by molar-refractivity contribution is 7.59. The van der Waals surface area contributed by atoms with Gasteiger partial charge in [-0.25, -0.2) is 5.32 Å². The molecule has 7 heavy (non-hydrogen) atoms. The third-order valence-corrected chi connectivity index (χ3v) is 0.283. The summed E-state index contributed by atoms with van der Waals surface area (Å²) < 4.78 is 32.0. The summed E-state index contributed by atoms with van der Waals surface area (Å²) in [5.74, 6) is 0. The molecule has 0 heterocycles. The molecule has 0 bridgehead atoms. The van der Waals surface area contributed by atoms with Gasteiger partial charge in [0.2, 0.25) is 0 Å². The molecule has 0 saturated heterocycles. The van der Waals surface area contributed by atoms with Crippen LogP contribution in [-0.2, 0) is 0 Å². The minimum absolute atomic E-state index is 0. The molecule has 0 aromatic heterocycles. The molecule has 0 rings (SSSR count). The van der Waals surface area contributed by atoms with E-state index in [2.05, 4.69) is 0 Å². The third-order valence-electron chi connectivity index (χ3n) is 0.283. The summed E-state index contributed by atoms with van der Waals surface area (Å²) in [5.41, 5.74) is 0. The second-order valence-corrected chi connectivity index (χ2v) is 0.748. The molecule has 0 unspecified atom stereocenters. The van der Waals surface area contributed by atoms with E-state index >= 15 is 0 Å². The lowest BCUT2D eigenvalue weighted by atomic mass is 11.1. The van der Waals surface area contributed by atoms with Gasteiger partial charge in [0.25, 0.3) is 0 Å². The number of hydrogen-bond donors (Lipinski definition) is 1. The lowest BCUT2D eigenvalue weighted by molar-refractivity contribution is -0.151. The minimum Gasteiger partial charge on any atom is -0.231 e. The number of halogens is 3. The van der Waals surface area contributed by atoms with Crippen molar-refractivity contribution in [1.82, 2.24) is 5.32 Å². The van der Waals surface area contributed by atoms with Crippen molar-refractivity contribution < 1.29 is 13.2 Å². The maximum absolute atomic E-state index is 10.7. The summed E-state index contributed by atoms with van der Waals surface area (Å²) in [4.78, 5) is 0. The highest BCUT2D eigenvalue weighted by Gasteiger charge is 2.22. The predicted octanol–water partition coefficient (Wildman–Crippen LogP) is 0.838. The summed E-state index contributed by atoms with van der Waals surface area (Å²) in [6.45, 7) is 0. The van der Waals surface area contributed by atoms with Crippen molar-refractivity contribution in [3.05, 3.63) is 0 Å². The molecule has 0 aliphatic carbocycles. The van der Waals surface area contributed by atoms with E-state index in [9.17, 15) is 13.2 Å². The number of nitrogens with one attached hydrogen (secondary N) is 1. The van der Waals surface area contributed by atoms with Crippen LogP contribution < -0.4 is 5.32 Å². The van der Waals surface area contributed by atoms with Crippen LogP contribution in [0.3, 0.4) is 0 Å². The van der Waals surface area contributed by atoms with Crippen molar-refractivity contribution in [2.24, 2.45) is 0 Å². The van der Waals surface area contributed by atoms with Crippen LogP contribution in [0.5, 0.6) is 0 Å². The van der Waals surface area contributed by atoms with Crippen molar-refractivity contribution in [3.63, 3.8) is 0 Å². The average Bonchev–Trinajstić information content (AvgIpc) is 1.35. The van der Waals surface area contributed by atoms with Crippen molar-refractivity contribution in [1.29, 1.82) is 0 Å². The summed E-state index contributed by atoms with van der Waals surface area (Å²) in [6.07, 6.45) is -4.21. The Morgan fingerprint density at radius 1 is 1.29 bits per heavy atom. The van der Waals surface area contributed by atoms with Crippen LogP contribution in [0, 0.1) is 0 Å². The van der Waals surface area contributed by atoms with Gasteiger partial charge in [0.1, 0.15) is 0 Å². The summed E-state index contributed by atoms with van der Waals surface area (Å²) in [6, 6.07) is 0. The molecule has 0 radical (unpaired) electrons. The summed E-state index contributed by atoms with van der Waals surface area (Å²) in [5, 5.41) is 1.10. The Kier molecular flexibility index (Phi) is 4.57. The first-order valence-electron chi connectivity index (χ1n) is 1.32. The summed E-state index contributed by atoms with van der Waals surface area (Å²) >= 11 is 0. The van der Waals surface area contributed by atoms with Crippen molar-refractivity contribution in [2.45, 2.75) is 6.30 Å². The Labute approximate surface area is 46.3 Å². The van der Waals surface area contributed by atoms with E-state index in [0.29, 0.717) is 0 Å². The molecule has 5 heteroatoms. The minimum atomic E-state index is -4.21. The van der Waals surface area contributed by atoms with Crippen LogP contribution >= 0.6 is 13.5 Å². The van der Waals surface area contributed by atoms with Gasteiger partial charge in [0, 0.05) is 0 Å². The number of alkyl halides is 3. The largest absolute Gasteiger partial charge is 0.457 e. The molecule has 0 amide bonds. The van der Waals surface area contributed by atoms with E-state index in [0.717, 1.165) is 12.4 Å². The molecule has 0 atom stereocenters. The monoisotopic (exact) mass is 133 g/mol. The Hall–Kier alpha value is 0.100. The van der Waals surface area contributed by atoms with Gasteiger partial charge in [-0.15, -0.1) is 0 Å². The van der Waals surface area contributed by atoms with Gasteiger partial charge < -0.3 is 0 Å². The van der Waals surface area contributed by atoms with Gasteiger partial charge in [-0.3, -0.25) is 0 Å². The van der Waals surface area contributed by atoms with E-state index in [1.54, 1.807) is 0 Å². The van der Waals surface area contributed by atoms with E-state index in [-0.39, 0.29) is 13.5 Å². The van der Waals surface area contributed by atoms with E-state index in [1.807, 2.05) is 0 Å². The molecule has 0 fully saturated rings. The van der Waals surface area contributed by atoms with Gasteiger partial charge in [-0.05, 0) is 7.05 Å². The molecule has 0 aliphatic heterocycles. The fourth-order valence-electron chi connectivity index (χ4n) is 0. The van der Waals surface area contributed by atoms with Crippen LogP contribution in [-0.4, -0.2) is 13.3 Å². The second kappa shape index (κ2) is 3.15. The quantitative estimate of drug-likeness (QED) is 0.483. The Balaban J connectivity index is 0. The molecule has 0 aromatic rings. The highest BCUT2D eigenvalue weighted by Crippen LogP contribution is 2.06. The molecule has 0 aromatic carbocycles. The first-order valence-corrected chi connectivity index (χ1v) is 1.32. The smallest absolute Gasteiger partial charge is 0.231 e. The Morgan fingerprint density at radius 3 is 1.43 bits per heavy atom. The average molecular weight is 133 g/mol. The Morgan fingerprint density at radius 2 is 1.43 bits per heavy atom. The standard InChI is InChI=1S/C2H4F3N.H2S/c1-6-2(3,4)5;/h6H,1H3;1H2. The fraction of sp³-hybridized carbons (Fsp3) is 1.00. The normalized spacial score (nSPS) is 10.3. The molecule has 0 aliphatic rings. The van der Waals surface area contributed by atoms with Crippen molar-refractivity contribution in [2.75, 3.05) is 7.05 Å². The first-order chi connectivity index (χ1) is 2.56. The van der Waals surface area contributed by atoms with Gasteiger partial charge in [0.15, 0.2) is 0 Å². The van der Waals surface area contributed by atoms with Gasteiger partial charge in [0.05, 0.1) is 0 Å². The lowest BCUT2D eigenvalue weighted by Crippen LogP contribution is -2.26. The summed E-state index contributed by atoms with van der Waals surface area (Å²) in [7, 11) is 0.833. The van der Waals surface area contributed by atoms with Gasteiger partial charge in [-0.1, -0.05) is 0 Å². The Bertz CT molecular complexity index is 42.7. The molecular formula is C2H6F3NS. The first kappa shape index (κ1) is 10.2. The highest BCUT2D eigenvalue weighted by atomic mass is 32.1. The molecule has 46 valence electrons. The van der Waals surface area contributed by atoms with Gasteiger partial charge in [-0.2, -0.15) is 26.7 Å². The van der Waals surface area contributed by atoms with Crippen LogP contribution in [0.1, 0.15) is 0 Å². The molecular weight excluding hydrogens is 127 g/mol. The zero-order valence-electron chi connectivity index (χ0n) is 3.63. The van der Waals surface area contributed by atoms with E-state index in [1.165, 1.54) is 0 Å². The molecule has 1 nitrogen and oxygen atoms in total. The van der Waals surface area contributed by atoms with Crippen molar-refractivity contribution >= 4 is 13.5 Å². The topological polar surface area (TPSA) is 12.0 Å². The van der Waals surface area contributed by atoms with Crippen LogP contribution in [0.25, 0.3) is 0 Å². The predicted molar refractivity (Wildman–Crippen MR) is 25.5 cm³/mol. The van der Waals surface area contributed by atoms with Gasteiger partial charge >= 0.3 is 6.30 Å². The van der Waals surface area contributed by atoms with Crippen LogP contribution in [0.4, 0.5) is 13.2 Å². The zero-order valence-corrected chi connectivity index (χ0v) is 4.63. The molecule has 1 N–H and O–H groups in total. The maximum atomic E-state index is 10.7. The number of rotatable bonds is 0. The van der Waals surface area contributed by atoms with Crippen LogP contribution in [0.2, 0.25) is 0 Å². The number of hydrogen-bond acceptors (Lipinski definition) is 1.